The van der Waals surface area contributed by atoms with E-state index < -0.39 is 5.76 Å². The highest BCUT2D eigenvalue weighted by atomic mass is 35.5. The summed E-state index contributed by atoms with van der Waals surface area (Å²) in [6, 6.07) is 14.3. The molecule has 124 valence electrons. The lowest BCUT2D eigenvalue weighted by Gasteiger charge is -2.25. The first-order chi connectivity index (χ1) is 11.5. The molecule has 0 bridgehead atoms. The molecule has 3 aromatic rings. The molecular formula is C18H17ClN2O3. The summed E-state index contributed by atoms with van der Waals surface area (Å²) in [4.78, 5) is 26.2. The predicted molar refractivity (Wildman–Crippen MR) is 93.1 cm³/mol. The number of oxazole rings is 1. The van der Waals surface area contributed by atoms with Crippen molar-refractivity contribution in [3.8, 4) is 0 Å². The van der Waals surface area contributed by atoms with Gasteiger partial charge in [0.05, 0.1) is 11.6 Å². The molecule has 0 N–H and O–H groups in total. The van der Waals surface area contributed by atoms with Crippen LogP contribution in [0.1, 0.15) is 18.5 Å². The monoisotopic (exact) mass is 344 g/mol. The fraction of sp³-hybridized carbons (Fsp3) is 0.222. The third-order valence-electron chi connectivity index (χ3n) is 4.19. The van der Waals surface area contributed by atoms with E-state index in [1.165, 1.54) is 4.57 Å². The summed E-state index contributed by atoms with van der Waals surface area (Å²) >= 11 is 5.90. The number of fused-ring (bicyclic) bond motifs is 1. The van der Waals surface area contributed by atoms with Crippen LogP contribution in [0.4, 0.5) is 0 Å². The van der Waals surface area contributed by atoms with E-state index in [2.05, 4.69) is 0 Å². The van der Waals surface area contributed by atoms with E-state index in [-0.39, 0.29) is 18.5 Å². The van der Waals surface area contributed by atoms with E-state index in [1.54, 1.807) is 48.3 Å². The molecule has 0 fully saturated rings. The summed E-state index contributed by atoms with van der Waals surface area (Å²) in [7, 11) is 1.72. The lowest BCUT2D eigenvalue weighted by Crippen LogP contribution is -2.34. The number of carbonyl (C=O) groups excluding carboxylic acids is 1. The van der Waals surface area contributed by atoms with Crippen molar-refractivity contribution in [3.63, 3.8) is 0 Å². The van der Waals surface area contributed by atoms with Crippen LogP contribution in [0.25, 0.3) is 11.1 Å². The van der Waals surface area contributed by atoms with E-state index in [4.69, 9.17) is 16.0 Å². The van der Waals surface area contributed by atoms with Gasteiger partial charge in [-0.3, -0.25) is 9.36 Å². The standard InChI is InChI=1S/C18H17ClN2O3/c1-12(13-7-9-14(19)10-8-13)20(2)17(22)11-21-15-5-3-4-6-16(15)24-18(21)23/h3-10,12H,11H2,1-2H3. The number of hydrogen-bond acceptors (Lipinski definition) is 3. The Balaban J connectivity index is 1.82. The molecule has 1 atom stereocenters. The van der Waals surface area contributed by atoms with Gasteiger partial charge < -0.3 is 9.32 Å². The Labute approximate surface area is 144 Å². The average molecular weight is 345 g/mol. The number of carbonyl (C=O) groups is 1. The van der Waals surface area contributed by atoms with Gasteiger partial charge in [-0.25, -0.2) is 4.79 Å². The maximum atomic E-state index is 12.6. The fourth-order valence-electron chi connectivity index (χ4n) is 2.59. The second-order valence-corrected chi connectivity index (χ2v) is 6.09. The van der Waals surface area contributed by atoms with Gasteiger partial charge in [-0.15, -0.1) is 0 Å². The smallest absolute Gasteiger partial charge is 0.408 e. The van der Waals surface area contributed by atoms with Gasteiger partial charge >= 0.3 is 5.76 Å². The zero-order valence-corrected chi connectivity index (χ0v) is 14.2. The highest BCUT2D eigenvalue weighted by molar-refractivity contribution is 6.30. The van der Waals surface area contributed by atoms with Crippen molar-refractivity contribution in [1.82, 2.24) is 9.47 Å². The zero-order valence-electron chi connectivity index (χ0n) is 13.4. The van der Waals surface area contributed by atoms with Gasteiger partial charge in [0.2, 0.25) is 5.91 Å². The van der Waals surface area contributed by atoms with E-state index in [1.807, 2.05) is 19.1 Å². The van der Waals surface area contributed by atoms with E-state index in [9.17, 15) is 9.59 Å². The van der Waals surface area contributed by atoms with Crippen molar-refractivity contribution in [2.24, 2.45) is 0 Å². The van der Waals surface area contributed by atoms with Crippen molar-refractivity contribution in [1.29, 1.82) is 0 Å². The topological polar surface area (TPSA) is 55.5 Å². The highest BCUT2D eigenvalue weighted by Gasteiger charge is 2.20. The molecule has 1 unspecified atom stereocenters. The van der Waals surface area contributed by atoms with Gasteiger partial charge in [0.1, 0.15) is 6.54 Å². The van der Waals surface area contributed by atoms with Gasteiger partial charge in [0.25, 0.3) is 0 Å². The maximum Gasteiger partial charge on any atom is 0.420 e. The van der Waals surface area contributed by atoms with E-state index in [0.717, 1.165) is 5.56 Å². The molecule has 6 heteroatoms. The van der Waals surface area contributed by atoms with Crippen LogP contribution in [0.15, 0.2) is 57.7 Å². The number of nitrogens with zero attached hydrogens (tertiary/aromatic N) is 2. The Bertz CT molecular complexity index is 927. The molecule has 3 rings (SSSR count). The maximum absolute atomic E-state index is 12.6. The largest absolute Gasteiger partial charge is 0.420 e. The van der Waals surface area contributed by atoms with Crippen molar-refractivity contribution in [2.75, 3.05) is 7.05 Å². The molecule has 2 aromatic carbocycles. The molecule has 1 amide bonds. The molecule has 0 saturated carbocycles. The third kappa shape index (κ3) is 3.08. The van der Waals surface area contributed by atoms with Crippen molar-refractivity contribution in [2.45, 2.75) is 19.5 Å². The molecule has 5 nitrogen and oxygen atoms in total. The Morgan fingerprint density at radius 3 is 2.58 bits per heavy atom. The van der Waals surface area contributed by atoms with Gasteiger partial charge in [-0.2, -0.15) is 0 Å². The first-order valence-corrected chi connectivity index (χ1v) is 7.94. The molecule has 0 aliphatic heterocycles. The number of halogens is 1. The summed E-state index contributed by atoms with van der Waals surface area (Å²) in [5.41, 5.74) is 2.06. The normalized spacial score (nSPS) is 12.3. The Morgan fingerprint density at radius 2 is 1.88 bits per heavy atom. The Morgan fingerprint density at radius 1 is 1.21 bits per heavy atom. The number of amides is 1. The van der Waals surface area contributed by atoms with Crippen LogP contribution >= 0.6 is 11.6 Å². The van der Waals surface area contributed by atoms with Crippen LogP contribution in [0.3, 0.4) is 0 Å². The summed E-state index contributed by atoms with van der Waals surface area (Å²) in [5.74, 6) is -0.705. The number of rotatable bonds is 4. The number of hydrogen-bond donors (Lipinski definition) is 0. The predicted octanol–water partition coefficient (Wildman–Crippen LogP) is 3.47. The van der Waals surface area contributed by atoms with Crippen LogP contribution < -0.4 is 5.76 Å². The minimum atomic E-state index is -0.530. The van der Waals surface area contributed by atoms with Crippen LogP contribution in [0, 0.1) is 0 Å². The van der Waals surface area contributed by atoms with Gasteiger partial charge in [0, 0.05) is 12.1 Å². The van der Waals surface area contributed by atoms with Crippen LogP contribution in [0.5, 0.6) is 0 Å². The SMILES string of the molecule is CC(c1ccc(Cl)cc1)N(C)C(=O)Cn1c(=O)oc2ccccc21. The molecule has 0 spiro atoms. The summed E-state index contributed by atoms with van der Waals surface area (Å²) < 4.78 is 6.51. The van der Waals surface area contributed by atoms with Crippen molar-refractivity contribution < 1.29 is 9.21 Å². The molecule has 24 heavy (non-hydrogen) atoms. The van der Waals surface area contributed by atoms with Crippen LogP contribution in [-0.4, -0.2) is 22.4 Å². The zero-order chi connectivity index (χ0) is 17.3. The number of likely N-dealkylation sites (N-methyl/N-ethyl adjacent to an activating group) is 1. The number of para-hydroxylation sites is 2. The summed E-state index contributed by atoms with van der Waals surface area (Å²) in [5, 5.41) is 0.649. The highest BCUT2D eigenvalue weighted by Crippen LogP contribution is 2.21. The molecule has 0 radical (unpaired) electrons. The first-order valence-electron chi connectivity index (χ1n) is 7.57. The van der Waals surface area contributed by atoms with Crippen LogP contribution in [-0.2, 0) is 11.3 Å². The number of benzene rings is 2. The van der Waals surface area contributed by atoms with Crippen molar-refractivity contribution in [3.05, 3.63) is 69.7 Å². The second kappa shape index (κ2) is 6.53. The van der Waals surface area contributed by atoms with Crippen molar-refractivity contribution >= 4 is 28.6 Å². The van der Waals surface area contributed by atoms with Crippen LogP contribution in [0.2, 0.25) is 5.02 Å². The van der Waals surface area contributed by atoms with E-state index in [0.29, 0.717) is 16.1 Å². The molecule has 1 aromatic heterocycles. The molecule has 0 aliphatic rings. The minimum Gasteiger partial charge on any atom is -0.408 e. The van der Waals surface area contributed by atoms with Gasteiger partial charge in [0.15, 0.2) is 5.58 Å². The fourth-order valence-corrected chi connectivity index (χ4v) is 2.72. The van der Waals surface area contributed by atoms with Gasteiger partial charge in [-0.1, -0.05) is 35.9 Å². The summed E-state index contributed by atoms with van der Waals surface area (Å²) in [6.07, 6.45) is 0. The Kier molecular flexibility index (Phi) is 4.44. The third-order valence-corrected chi connectivity index (χ3v) is 4.45. The quantitative estimate of drug-likeness (QED) is 0.728. The summed E-state index contributed by atoms with van der Waals surface area (Å²) in [6.45, 7) is 1.86. The molecule has 0 aliphatic carbocycles. The van der Waals surface area contributed by atoms with Gasteiger partial charge in [-0.05, 0) is 36.8 Å². The molecule has 0 saturated heterocycles. The molecule has 1 heterocycles. The molecular weight excluding hydrogens is 328 g/mol. The lowest BCUT2D eigenvalue weighted by atomic mass is 10.1. The average Bonchev–Trinajstić information content (AvgIpc) is 2.90. The Hall–Kier alpha value is -2.53. The number of aromatic nitrogens is 1. The second-order valence-electron chi connectivity index (χ2n) is 5.65. The first kappa shape index (κ1) is 16.3. The minimum absolute atomic E-state index is 0.0652. The lowest BCUT2D eigenvalue weighted by molar-refractivity contribution is -0.132. The van der Waals surface area contributed by atoms with E-state index >= 15 is 0 Å².